The van der Waals surface area contributed by atoms with Crippen molar-refractivity contribution in [3.8, 4) is 0 Å². The number of carbonyl (C=O) groups is 3. The number of hydrogen-bond acceptors (Lipinski definition) is 6. The third-order valence-electron chi connectivity index (χ3n) is 3.26. The van der Waals surface area contributed by atoms with Crippen LogP contribution in [0, 0.1) is 11.8 Å². The molecule has 0 aromatic heterocycles. The molecule has 0 saturated carbocycles. The monoisotopic (exact) mass is 286 g/mol. The van der Waals surface area contributed by atoms with Gasteiger partial charge in [0.15, 0.2) is 0 Å². The van der Waals surface area contributed by atoms with Crippen LogP contribution in [0.4, 0.5) is 0 Å². The largest absolute Gasteiger partial charge is 0.464 e. The number of hydrogen-bond donors (Lipinski definition) is 2. The molecule has 7 heteroatoms. The van der Waals surface area contributed by atoms with Crippen LogP contribution in [-0.2, 0) is 23.9 Å². The van der Waals surface area contributed by atoms with Crippen LogP contribution in [0.15, 0.2) is 0 Å². The van der Waals surface area contributed by atoms with Gasteiger partial charge in [0, 0.05) is 5.92 Å². The number of esters is 2. The van der Waals surface area contributed by atoms with Crippen molar-refractivity contribution in [2.24, 2.45) is 11.8 Å². The second-order valence-electron chi connectivity index (χ2n) is 4.65. The van der Waals surface area contributed by atoms with Crippen molar-refractivity contribution in [1.82, 2.24) is 10.6 Å². The first-order valence-electron chi connectivity index (χ1n) is 6.85. The van der Waals surface area contributed by atoms with Crippen molar-refractivity contribution in [2.45, 2.75) is 26.8 Å². The molecular weight excluding hydrogens is 264 g/mol. The second-order valence-corrected chi connectivity index (χ2v) is 4.65. The highest BCUT2D eigenvalue weighted by Gasteiger charge is 2.35. The zero-order chi connectivity index (χ0) is 15.1. The number of amides is 1. The third-order valence-corrected chi connectivity index (χ3v) is 3.26. The molecule has 7 nitrogen and oxygen atoms in total. The Labute approximate surface area is 118 Å². The van der Waals surface area contributed by atoms with Gasteiger partial charge in [-0.2, -0.15) is 0 Å². The van der Waals surface area contributed by atoms with Gasteiger partial charge in [0.25, 0.3) is 0 Å². The Kier molecular flexibility index (Phi) is 6.44. The van der Waals surface area contributed by atoms with E-state index in [9.17, 15) is 14.4 Å². The molecular formula is C13H22N2O5. The lowest BCUT2D eigenvalue weighted by atomic mass is 9.88. The average Bonchev–Trinajstić information content (AvgIpc) is 2.33. The Bertz CT molecular complexity index is 350. The van der Waals surface area contributed by atoms with E-state index in [1.165, 1.54) is 0 Å². The Hall–Kier alpha value is -1.63. The number of nitrogens with one attached hydrogen (secondary N) is 2. The van der Waals surface area contributed by atoms with E-state index in [2.05, 4.69) is 10.6 Å². The smallest absolute Gasteiger partial charge is 0.340 e. The zero-order valence-electron chi connectivity index (χ0n) is 12.1. The minimum Gasteiger partial charge on any atom is -0.464 e. The summed E-state index contributed by atoms with van der Waals surface area (Å²) >= 11 is 0. The Balaban J connectivity index is 2.64. The molecule has 0 aliphatic carbocycles. The van der Waals surface area contributed by atoms with Gasteiger partial charge in [-0.05, 0) is 32.9 Å². The lowest BCUT2D eigenvalue weighted by molar-refractivity contribution is -0.160. The van der Waals surface area contributed by atoms with Crippen molar-refractivity contribution >= 4 is 17.8 Å². The molecule has 0 spiro atoms. The molecule has 0 aromatic rings. The fraction of sp³-hybridized carbons (Fsp3) is 0.769. The third kappa shape index (κ3) is 4.19. The lowest BCUT2D eigenvalue weighted by Crippen LogP contribution is -2.54. The minimum atomic E-state index is -1.39. The maximum atomic E-state index is 12.1. The van der Waals surface area contributed by atoms with Crippen LogP contribution < -0.4 is 10.6 Å². The topological polar surface area (TPSA) is 93.7 Å². The van der Waals surface area contributed by atoms with Crippen molar-refractivity contribution in [3.05, 3.63) is 0 Å². The summed E-state index contributed by atoms with van der Waals surface area (Å²) in [5.74, 6) is -1.98. The van der Waals surface area contributed by atoms with E-state index in [1.807, 2.05) is 0 Å². The van der Waals surface area contributed by atoms with Crippen molar-refractivity contribution in [3.63, 3.8) is 0 Å². The number of rotatable bonds is 7. The van der Waals surface area contributed by atoms with Crippen LogP contribution in [-0.4, -0.2) is 50.2 Å². The molecule has 1 aliphatic rings. The maximum Gasteiger partial charge on any atom is 0.340 e. The maximum absolute atomic E-state index is 12.1. The highest BCUT2D eigenvalue weighted by molar-refractivity contribution is 6.02. The van der Waals surface area contributed by atoms with Gasteiger partial charge in [-0.15, -0.1) is 0 Å². The standard InChI is InChI=1S/C13H22N2O5/c1-4-19-12(17)10(13(18)20-5-2)15-11(16)8(3)9-6-14-7-9/h8-10,14H,4-7H2,1-3H3,(H,15,16). The predicted molar refractivity (Wildman–Crippen MR) is 70.7 cm³/mol. The summed E-state index contributed by atoms with van der Waals surface area (Å²) in [7, 11) is 0. The average molecular weight is 286 g/mol. The van der Waals surface area contributed by atoms with Gasteiger partial charge >= 0.3 is 11.9 Å². The summed E-state index contributed by atoms with van der Waals surface area (Å²) in [6.07, 6.45) is 0. The summed E-state index contributed by atoms with van der Waals surface area (Å²) in [6, 6.07) is -1.39. The molecule has 0 aromatic carbocycles. The fourth-order valence-electron chi connectivity index (χ4n) is 1.82. The first-order chi connectivity index (χ1) is 9.51. The van der Waals surface area contributed by atoms with Gasteiger partial charge in [0.2, 0.25) is 11.9 Å². The van der Waals surface area contributed by atoms with Crippen LogP contribution >= 0.6 is 0 Å². The van der Waals surface area contributed by atoms with E-state index >= 15 is 0 Å². The first kappa shape index (κ1) is 16.4. The molecule has 0 bridgehead atoms. The van der Waals surface area contributed by atoms with Crippen molar-refractivity contribution < 1.29 is 23.9 Å². The van der Waals surface area contributed by atoms with Gasteiger partial charge in [-0.25, -0.2) is 9.59 Å². The molecule has 0 radical (unpaired) electrons. The minimum absolute atomic E-state index is 0.132. The molecule has 1 amide bonds. The summed E-state index contributed by atoms with van der Waals surface area (Å²) in [5.41, 5.74) is 0. The summed E-state index contributed by atoms with van der Waals surface area (Å²) in [4.78, 5) is 35.5. The molecule has 1 rings (SSSR count). The molecule has 20 heavy (non-hydrogen) atoms. The molecule has 1 unspecified atom stereocenters. The first-order valence-corrected chi connectivity index (χ1v) is 6.85. The van der Waals surface area contributed by atoms with E-state index < -0.39 is 18.0 Å². The molecule has 1 aliphatic heterocycles. The van der Waals surface area contributed by atoms with Gasteiger partial charge in [-0.3, -0.25) is 4.79 Å². The normalized spacial score (nSPS) is 16.2. The molecule has 1 atom stereocenters. The number of ether oxygens (including phenoxy) is 2. The van der Waals surface area contributed by atoms with Crippen molar-refractivity contribution in [2.75, 3.05) is 26.3 Å². The van der Waals surface area contributed by atoms with Gasteiger partial charge in [0.1, 0.15) is 0 Å². The molecule has 114 valence electrons. The molecule has 1 saturated heterocycles. The van der Waals surface area contributed by atoms with Crippen LogP contribution in [0.25, 0.3) is 0 Å². The van der Waals surface area contributed by atoms with Gasteiger partial charge in [-0.1, -0.05) is 6.92 Å². The van der Waals surface area contributed by atoms with Gasteiger partial charge < -0.3 is 20.1 Å². The SMILES string of the molecule is CCOC(=O)C(NC(=O)C(C)C1CNC1)C(=O)OCC. The summed E-state index contributed by atoms with van der Waals surface area (Å²) < 4.78 is 9.57. The number of carbonyl (C=O) groups excluding carboxylic acids is 3. The van der Waals surface area contributed by atoms with Crippen LogP contribution in [0.1, 0.15) is 20.8 Å². The van der Waals surface area contributed by atoms with E-state index in [0.29, 0.717) is 0 Å². The molecule has 1 fully saturated rings. The van der Waals surface area contributed by atoms with Crippen molar-refractivity contribution in [1.29, 1.82) is 0 Å². The second kappa shape index (κ2) is 7.84. The summed E-state index contributed by atoms with van der Waals surface area (Å²) in [6.45, 7) is 6.82. The van der Waals surface area contributed by atoms with E-state index in [1.54, 1.807) is 20.8 Å². The fourth-order valence-corrected chi connectivity index (χ4v) is 1.82. The van der Waals surface area contributed by atoms with E-state index in [-0.39, 0.29) is 31.0 Å². The quantitative estimate of drug-likeness (QED) is 0.482. The highest BCUT2D eigenvalue weighted by atomic mass is 16.6. The van der Waals surface area contributed by atoms with Gasteiger partial charge in [0.05, 0.1) is 13.2 Å². The summed E-state index contributed by atoms with van der Waals surface area (Å²) in [5, 5.41) is 5.49. The highest BCUT2D eigenvalue weighted by Crippen LogP contribution is 2.16. The van der Waals surface area contributed by atoms with Crippen LogP contribution in [0.5, 0.6) is 0 Å². The Morgan fingerprint density at radius 1 is 1.15 bits per heavy atom. The molecule has 1 heterocycles. The predicted octanol–water partition coefficient (Wildman–Crippen LogP) is -0.547. The Morgan fingerprint density at radius 3 is 2.00 bits per heavy atom. The van der Waals surface area contributed by atoms with Crippen LogP contribution in [0.2, 0.25) is 0 Å². The zero-order valence-corrected chi connectivity index (χ0v) is 12.1. The van der Waals surface area contributed by atoms with Crippen LogP contribution in [0.3, 0.4) is 0 Å². The van der Waals surface area contributed by atoms with E-state index in [0.717, 1.165) is 13.1 Å². The Morgan fingerprint density at radius 2 is 1.65 bits per heavy atom. The lowest BCUT2D eigenvalue weighted by Gasteiger charge is -2.32. The molecule has 2 N–H and O–H groups in total. The van der Waals surface area contributed by atoms with E-state index in [4.69, 9.17) is 9.47 Å².